The highest BCUT2D eigenvalue weighted by Gasteiger charge is 2.20. The number of furan rings is 1. The molecule has 0 bridgehead atoms. The van der Waals surface area contributed by atoms with Crippen LogP contribution in [0, 0.1) is 6.92 Å². The Morgan fingerprint density at radius 1 is 1.67 bits per heavy atom. The summed E-state index contributed by atoms with van der Waals surface area (Å²) in [6, 6.07) is 3.67. The Morgan fingerprint density at radius 2 is 2.53 bits per heavy atom. The van der Waals surface area contributed by atoms with E-state index in [0.29, 0.717) is 5.76 Å². The molecule has 0 amide bonds. The van der Waals surface area contributed by atoms with Gasteiger partial charge in [0, 0.05) is 5.75 Å². The lowest BCUT2D eigenvalue weighted by Crippen LogP contribution is -2.18. The van der Waals surface area contributed by atoms with E-state index in [0.717, 1.165) is 23.7 Å². The fourth-order valence-electron chi connectivity index (χ4n) is 1.56. The molecule has 3 nitrogen and oxygen atoms in total. The molecule has 2 rings (SSSR count). The first kappa shape index (κ1) is 10.6. The summed E-state index contributed by atoms with van der Waals surface area (Å²) in [5.74, 6) is 3.36. The lowest BCUT2D eigenvalue weighted by atomic mass is 10.3. The third kappa shape index (κ3) is 3.02. The molecule has 2 heterocycles. The molecule has 1 aliphatic heterocycles. The Balaban J connectivity index is 1.81. The van der Waals surface area contributed by atoms with Gasteiger partial charge in [0.1, 0.15) is 24.0 Å². The number of thioether (sulfide) groups is 1. The topological polar surface area (TPSA) is 39.4 Å². The van der Waals surface area contributed by atoms with Crippen molar-refractivity contribution in [2.45, 2.75) is 25.9 Å². The summed E-state index contributed by atoms with van der Waals surface area (Å²) >= 11 is 1.83. The zero-order chi connectivity index (χ0) is 10.7. The molecule has 1 aromatic rings. The molecule has 1 fully saturated rings. The summed E-state index contributed by atoms with van der Waals surface area (Å²) in [4.78, 5) is 11.5. The SMILES string of the molecule is Cc1ccc(CC(=O)OC2CCSC2)o1. The van der Waals surface area contributed by atoms with Gasteiger partial charge in [-0.1, -0.05) is 0 Å². The highest BCUT2D eigenvalue weighted by Crippen LogP contribution is 2.20. The van der Waals surface area contributed by atoms with Crippen LogP contribution < -0.4 is 0 Å². The number of carbonyl (C=O) groups is 1. The zero-order valence-corrected chi connectivity index (χ0v) is 9.51. The van der Waals surface area contributed by atoms with Gasteiger partial charge in [0.15, 0.2) is 0 Å². The minimum absolute atomic E-state index is 0.110. The van der Waals surface area contributed by atoms with Crippen LogP contribution in [0.2, 0.25) is 0 Å². The van der Waals surface area contributed by atoms with E-state index in [-0.39, 0.29) is 18.5 Å². The van der Waals surface area contributed by atoms with E-state index in [1.807, 2.05) is 30.8 Å². The molecule has 1 atom stereocenters. The summed E-state index contributed by atoms with van der Waals surface area (Å²) in [5.41, 5.74) is 0. The number of carbonyl (C=O) groups excluding carboxylic acids is 1. The van der Waals surface area contributed by atoms with E-state index in [1.54, 1.807) is 0 Å². The molecule has 1 unspecified atom stereocenters. The number of hydrogen-bond donors (Lipinski definition) is 0. The summed E-state index contributed by atoms with van der Waals surface area (Å²) < 4.78 is 10.6. The van der Waals surface area contributed by atoms with Crippen LogP contribution in [0.1, 0.15) is 17.9 Å². The summed E-state index contributed by atoms with van der Waals surface area (Å²) in [6.45, 7) is 1.86. The molecule has 82 valence electrons. The first-order chi connectivity index (χ1) is 7.24. The van der Waals surface area contributed by atoms with Crippen molar-refractivity contribution in [1.29, 1.82) is 0 Å². The van der Waals surface area contributed by atoms with Gasteiger partial charge in [0.05, 0.1) is 0 Å². The fourth-order valence-corrected chi connectivity index (χ4v) is 2.65. The summed E-state index contributed by atoms with van der Waals surface area (Å²) in [7, 11) is 0. The van der Waals surface area contributed by atoms with Crippen molar-refractivity contribution in [3.63, 3.8) is 0 Å². The minimum Gasteiger partial charge on any atom is -0.466 e. The first-order valence-corrected chi connectivity index (χ1v) is 6.22. The van der Waals surface area contributed by atoms with Crippen LogP contribution in [0.5, 0.6) is 0 Å². The maximum absolute atomic E-state index is 11.5. The van der Waals surface area contributed by atoms with Crippen LogP contribution in [0.15, 0.2) is 16.5 Å². The van der Waals surface area contributed by atoms with Gasteiger partial charge < -0.3 is 9.15 Å². The third-order valence-electron chi connectivity index (χ3n) is 2.30. The standard InChI is InChI=1S/C11H14O3S/c1-8-2-3-9(13-8)6-11(12)14-10-4-5-15-7-10/h2-3,10H,4-7H2,1H3. The number of esters is 1. The normalized spacial score (nSPS) is 20.5. The number of ether oxygens (including phenoxy) is 1. The molecule has 0 radical (unpaired) electrons. The Kier molecular flexibility index (Phi) is 3.36. The van der Waals surface area contributed by atoms with E-state index in [1.165, 1.54) is 0 Å². The predicted octanol–water partition coefficient (Wildman–Crippen LogP) is 2.18. The molecule has 0 N–H and O–H groups in total. The smallest absolute Gasteiger partial charge is 0.313 e. The fraction of sp³-hybridized carbons (Fsp3) is 0.545. The summed E-state index contributed by atoms with van der Waals surface area (Å²) in [5, 5.41) is 0. The van der Waals surface area contributed by atoms with Gasteiger partial charge >= 0.3 is 5.97 Å². The van der Waals surface area contributed by atoms with Crippen molar-refractivity contribution in [2.24, 2.45) is 0 Å². The second kappa shape index (κ2) is 4.75. The Bertz CT molecular complexity index is 339. The maximum atomic E-state index is 11.5. The highest BCUT2D eigenvalue weighted by molar-refractivity contribution is 7.99. The van der Waals surface area contributed by atoms with Crippen LogP contribution in [-0.4, -0.2) is 23.6 Å². The van der Waals surface area contributed by atoms with Gasteiger partial charge in [0.25, 0.3) is 0 Å². The van der Waals surface area contributed by atoms with Crippen LogP contribution in [-0.2, 0) is 16.0 Å². The number of hydrogen-bond acceptors (Lipinski definition) is 4. The van der Waals surface area contributed by atoms with Crippen LogP contribution in [0.3, 0.4) is 0 Å². The van der Waals surface area contributed by atoms with Crippen LogP contribution in [0.4, 0.5) is 0 Å². The van der Waals surface area contributed by atoms with E-state index in [4.69, 9.17) is 9.15 Å². The third-order valence-corrected chi connectivity index (χ3v) is 3.43. The molecule has 1 saturated heterocycles. The quantitative estimate of drug-likeness (QED) is 0.741. The molecule has 0 aromatic carbocycles. The molecule has 1 aliphatic rings. The summed E-state index contributed by atoms with van der Waals surface area (Å²) in [6.07, 6.45) is 1.33. The van der Waals surface area contributed by atoms with Crippen LogP contribution >= 0.6 is 11.8 Å². The van der Waals surface area contributed by atoms with Crippen molar-refractivity contribution in [2.75, 3.05) is 11.5 Å². The minimum atomic E-state index is -0.183. The van der Waals surface area contributed by atoms with E-state index in [2.05, 4.69) is 0 Å². The lowest BCUT2D eigenvalue weighted by Gasteiger charge is -2.09. The molecular formula is C11H14O3S. The predicted molar refractivity (Wildman–Crippen MR) is 59.0 cm³/mol. The monoisotopic (exact) mass is 226 g/mol. The first-order valence-electron chi connectivity index (χ1n) is 5.06. The molecule has 4 heteroatoms. The van der Waals surface area contributed by atoms with Crippen molar-refractivity contribution in [1.82, 2.24) is 0 Å². The van der Waals surface area contributed by atoms with Gasteiger partial charge in [-0.05, 0) is 31.2 Å². The Hall–Kier alpha value is -0.900. The second-order valence-electron chi connectivity index (χ2n) is 3.66. The molecule has 15 heavy (non-hydrogen) atoms. The van der Waals surface area contributed by atoms with Crippen molar-refractivity contribution >= 4 is 17.7 Å². The average molecular weight is 226 g/mol. The largest absolute Gasteiger partial charge is 0.466 e. The molecule has 1 aromatic heterocycles. The molecular weight excluding hydrogens is 212 g/mol. The lowest BCUT2D eigenvalue weighted by molar-refractivity contribution is -0.147. The van der Waals surface area contributed by atoms with Gasteiger partial charge in [-0.25, -0.2) is 0 Å². The van der Waals surface area contributed by atoms with Crippen molar-refractivity contribution in [3.8, 4) is 0 Å². The van der Waals surface area contributed by atoms with Gasteiger partial charge in [-0.2, -0.15) is 11.8 Å². The molecule has 0 aliphatic carbocycles. The maximum Gasteiger partial charge on any atom is 0.313 e. The number of aryl methyl sites for hydroxylation is 1. The van der Waals surface area contributed by atoms with Gasteiger partial charge in [-0.15, -0.1) is 0 Å². The second-order valence-corrected chi connectivity index (χ2v) is 4.81. The zero-order valence-electron chi connectivity index (χ0n) is 8.69. The van der Waals surface area contributed by atoms with E-state index >= 15 is 0 Å². The van der Waals surface area contributed by atoms with Crippen molar-refractivity contribution in [3.05, 3.63) is 23.7 Å². The number of rotatable bonds is 3. The van der Waals surface area contributed by atoms with Gasteiger partial charge in [0.2, 0.25) is 0 Å². The van der Waals surface area contributed by atoms with Crippen LogP contribution in [0.25, 0.3) is 0 Å². The van der Waals surface area contributed by atoms with Gasteiger partial charge in [-0.3, -0.25) is 4.79 Å². The van der Waals surface area contributed by atoms with E-state index in [9.17, 15) is 4.79 Å². The average Bonchev–Trinajstić information content (AvgIpc) is 2.77. The molecule has 0 spiro atoms. The Labute approximate surface area is 93.2 Å². The van der Waals surface area contributed by atoms with E-state index < -0.39 is 0 Å². The highest BCUT2D eigenvalue weighted by atomic mass is 32.2. The Morgan fingerprint density at radius 3 is 3.13 bits per heavy atom. The van der Waals surface area contributed by atoms with Crippen molar-refractivity contribution < 1.29 is 13.9 Å². The molecule has 0 saturated carbocycles.